The number of nitrogens with one attached hydrogen (secondary N) is 2. The van der Waals surface area contributed by atoms with Crippen LogP contribution in [0, 0.1) is 11.6 Å². The number of nitrogens with zero attached hydrogens (tertiary/aromatic N) is 1. The molecule has 1 atom stereocenters. The molecule has 6 nitrogen and oxygen atoms in total. The number of hydrogen-bond acceptors (Lipinski definition) is 4. The Balaban J connectivity index is 1.51. The van der Waals surface area contributed by atoms with Gasteiger partial charge < -0.3 is 15.4 Å². The van der Waals surface area contributed by atoms with Crippen molar-refractivity contribution >= 4 is 23.2 Å². The van der Waals surface area contributed by atoms with E-state index in [0.717, 1.165) is 6.07 Å². The summed E-state index contributed by atoms with van der Waals surface area (Å²) >= 11 is 0. The number of carbonyl (C=O) groups is 2. The molecule has 0 saturated heterocycles. The summed E-state index contributed by atoms with van der Waals surface area (Å²) < 4.78 is 31.9. The number of hydrogen-bond donors (Lipinski definition) is 2. The molecule has 8 heteroatoms. The highest BCUT2D eigenvalue weighted by Gasteiger charge is 2.15. The van der Waals surface area contributed by atoms with Crippen molar-refractivity contribution in [2.24, 2.45) is 0 Å². The molecule has 0 aliphatic heterocycles. The minimum Gasteiger partial charge on any atom is -0.495 e. The smallest absolute Gasteiger partial charge is 0.255 e. The van der Waals surface area contributed by atoms with Gasteiger partial charge in [0.15, 0.2) is 11.6 Å². The van der Waals surface area contributed by atoms with Crippen LogP contribution in [0.15, 0.2) is 66.7 Å². The summed E-state index contributed by atoms with van der Waals surface area (Å²) in [5.74, 6) is -1.72. The van der Waals surface area contributed by atoms with Crippen molar-refractivity contribution in [1.82, 2.24) is 4.90 Å². The molecule has 34 heavy (non-hydrogen) atoms. The van der Waals surface area contributed by atoms with Crippen molar-refractivity contribution in [1.29, 1.82) is 0 Å². The Morgan fingerprint density at radius 3 is 2.35 bits per heavy atom. The topological polar surface area (TPSA) is 70.7 Å². The van der Waals surface area contributed by atoms with Crippen LogP contribution in [-0.4, -0.2) is 37.4 Å². The lowest BCUT2D eigenvalue weighted by molar-refractivity contribution is -0.116. The number of halogens is 2. The van der Waals surface area contributed by atoms with Gasteiger partial charge in [-0.05, 0) is 68.1 Å². The van der Waals surface area contributed by atoms with Gasteiger partial charge in [-0.25, -0.2) is 8.78 Å². The summed E-state index contributed by atoms with van der Waals surface area (Å²) in [5, 5.41) is 5.60. The number of rotatable bonds is 9. The van der Waals surface area contributed by atoms with E-state index in [1.54, 1.807) is 42.5 Å². The number of benzene rings is 3. The molecule has 178 valence electrons. The zero-order valence-corrected chi connectivity index (χ0v) is 19.3. The van der Waals surface area contributed by atoms with Crippen molar-refractivity contribution in [2.75, 3.05) is 31.3 Å². The normalized spacial score (nSPS) is 11.7. The fourth-order valence-corrected chi connectivity index (χ4v) is 3.37. The highest BCUT2D eigenvalue weighted by Crippen LogP contribution is 2.24. The standard InChI is InChI=1S/C26H27F2N3O3/c1-17(19-10-13-21(27)22(28)16-19)31(2)15-14-25(32)29-20-11-8-18(9-12-20)26(33)30-23-6-4-5-7-24(23)34-3/h4-13,16-17H,14-15H2,1-3H3,(H,29,32)(H,30,33). The predicted molar refractivity (Wildman–Crippen MR) is 128 cm³/mol. The maximum Gasteiger partial charge on any atom is 0.255 e. The van der Waals surface area contributed by atoms with Gasteiger partial charge in [-0.15, -0.1) is 0 Å². The molecule has 0 saturated carbocycles. The number of ether oxygens (including phenoxy) is 1. The Labute approximate surface area is 197 Å². The molecule has 0 aliphatic carbocycles. The van der Waals surface area contributed by atoms with E-state index < -0.39 is 11.6 Å². The number of anilines is 2. The van der Waals surface area contributed by atoms with Gasteiger partial charge in [-0.2, -0.15) is 0 Å². The largest absolute Gasteiger partial charge is 0.495 e. The van der Waals surface area contributed by atoms with Crippen molar-refractivity contribution in [3.63, 3.8) is 0 Å². The van der Waals surface area contributed by atoms with Crippen LogP contribution in [0.5, 0.6) is 5.75 Å². The summed E-state index contributed by atoms with van der Waals surface area (Å²) in [6.45, 7) is 2.28. The number of carbonyl (C=O) groups excluding carboxylic acids is 2. The van der Waals surface area contributed by atoms with E-state index in [-0.39, 0.29) is 24.3 Å². The van der Waals surface area contributed by atoms with Crippen molar-refractivity contribution < 1.29 is 23.1 Å². The Bertz CT molecular complexity index is 1150. The average molecular weight is 468 g/mol. The molecule has 2 amide bonds. The van der Waals surface area contributed by atoms with Crippen LogP contribution in [0.25, 0.3) is 0 Å². The summed E-state index contributed by atoms with van der Waals surface area (Å²) in [6.07, 6.45) is 0.209. The van der Waals surface area contributed by atoms with Gasteiger partial charge in [0.05, 0.1) is 12.8 Å². The van der Waals surface area contributed by atoms with E-state index in [1.165, 1.54) is 19.2 Å². The summed E-state index contributed by atoms with van der Waals surface area (Å²) in [4.78, 5) is 26.8. The lowest BCUT2D eigenvalue weighted by Gasteiger charge is -2.25. The van der Waals surface area contributed by atoms with Crippen LogP contribution in [-0.2, 0) is 4.79 Å². The van der Waals surface area contributed by atoms with Gasteiger partial charge >= 0.3 is 0 Å². The molecule has 0 spiro atoms. The highest BCUT2D eigenvalue weighted by atomic mass is 19.2. The van der Waals surface area contributed by atoms with Crippen molar-refractivity contribution in [3.8, 4) is 5.75 Å². The zero-order chi connectivity index (χ0) is 24.7. The lowest BCUT2D eigenvalue weighted by atomic mass is 10.1. The van der Waals surface area contributed by atoms with Crippen molar-refractivity contribution in [3.05, 3.63) is 89.5 Å². The fourth-order valence-electron chi connectivity index (χ4n) is 3.37. The van der Waals surface area contributed by atoms with E-state index in [1.807, 2.05) is 24.9 Å². The van der Waals surface area contributed by atoms with Gasteiger partial charge in [-0.3, -0.25) is 14.5 Å². The van der Waals surface area contributed by atoms with E-state index >= 15 is 0 Å². The van der Waals surface area contributed by atoms with Gasteiger partial charge in [0.1, 0.15) is 5.75 Å². The Morgan fingerprint density at radius 1 is 0.971 bits per heavy atom. The van der Waals surface area contributed by atoms with E-state index in [0.29, 0.717) is 34.8 Å². The third-order valence-electron chi connectivity index (χ3n) is 5.56. The SMILES string of the molecule is COc1ccccc1NC(=O)c1ccc(NC(=O)CCN(C)C(C)c2ccc(F)c(F)c2)cc1. The monoisotopic (exact) mass is 467 g/mol. The van der Waals surface area contributed by atoms with Crippen molar-refractivity contribution in [2.45, 2.75) is 19.4 Å². The summed E-state index contributed by atoms with van der Waals surface area (Å²) in [5.41, 5.74) is 2.19. The number of amides is 2. The molecule has 3 aromatic carbocycles. The molecular weight excluding hydrogens is 440 g/mol. The van der Waals surface area contributed by atoms with Gasteiger partial charge in [0, 0.05) is 30.3 Å². The Kier molecular flexibility index (Phi) is 8.32. The maximum atomic E-state index is 13.5. The first kappa shape index (κ1) is 24.9. The Morgan fingerprint density at radius 2 is 1.68 bits per heavy atom. The minimum absolute atomic E-state index is 0.191. The molecule has 0 aromatic heterocycles. The lowest BCUT2D eigenvalue weighted by Crippen LogP contribution is -2.27. The van der Waals surface area contributed by atoms with Crippen LogP contribution < -0.4 is 15.4 Å². The molecule has 0 radical (unpaired) electrons. The first-order valence-electron chi connectivity index (χ1n) is 10.8. The molecule has 0 fully saturated rings. The fraction of sp³-hybridized carbons (Fsp3) is 0.231. The molecule has 3 rings (SSSR count). The molecule has 1 unspecified atom stereocenters. The van der Waals surface area contributed by atoms with Gasteiger partial charge in [0.25, 0.3) is 5.91 Å². The molecule has 2 N–H and O–H groups in total. The average Bonchev–Trinajstić information content (AvgIpc) is 2.84. The summed E-state index contributed by atoms with van der Waals surface area (Å²) in [7, 11) is 3.35. The third kappa shape index (κ3) is 6.39. The molecule has 3 aromatic rings. The second-order valence-electron chi connectivity index (χ2n) is 7.86. The van der Waals surface area contributed by atoms with E-state index in [9.17, 15) is 18.4 Å². The van der Waals surface area contributed by atoms with Gasteiger partial charge in [0.2, 0.25) is 5.91 Å². The van der Waals surface area contributed by atoms with Crippen LogP contribution >= 0.6 is 0 Å². The zero-order valence-electron chi connectivity index (χ0n) is 19.3. The number of methoxy groups -OCH3 is 1. The third-order valence-corrected chi connectivity index (χ3v) is 5.56. The number of para-hydroxylation sites is 2. The first-order chi connectivity index (χ1) is 16.3. The molecule has 0 bridgehead atoms. The summed E-state index contributed by atoms with van der Waals surface area (Å²) in [6, 6.07) is 17.3. The van der Waals surface area contributed by atoms with Gasteiger partial charge in [-0.1, -0.05) is 18.2 Å². The van der Waals surface area contributed by atoms with E-state index in [4.69, 9.17) is 4.74 Å². The van der Waals surface area contributed by atoms with Crippen LogP contribution in [0.3, 0.4) is 0 Å². The molecule has 0 heterocycles. The van der Waals surface area contributed by atoms with Crippen LogP contribution in [0.2, 0.25) is 0 Å². The quantitative estimate of drug-likeness (QED) is 0.451. The highest BCUT2D eigenvalue weighted by molar-refractivity contribution is 6.05. The minimum atomic E-state index is -0.893. The first-order valence-corrected chi connectivity index (χ1v) is 10.8. The second-order valence-corrected chi connectivity index (χ2v) is 7.86. The maximum absolute atomic E-state index is 13.5. The van der Waals surface area contributed by atoms with E-state index in [2.05, 4.69) is 10.6 Å². The second kappa shape index (κ2) is 11.4. The van der Waals surface area contributed by atoms with Crippen LogP contribution in [0.4, 0.5) is 20.2 Å². The molecule has 0 aliphatic rings. The Hall–Kier alpha value is -3.78. The molecular formula is C26H27F2N3O3. The van der Waals surface area contributed by atoms with Crippen LogP contribution in [0.1, 0.15) is 35.3 Å². The predicted octanol–water partition coefficient (Wildman–Crippen LogP) is 5.25.